The van der Waals surface area contributed by atoms with E-state index >= 15 is 0 Å². The third kappa shape index (κ3) is 4.88. The zero-order valence-electron chi connectivity index (χ0n) is 19.7. The van der Waals surface area contributed by atoms with Crippen LogP contribution in [0.4, 0.5) is 5.13 Å². The number of sulfonamides is 1. The standard InChI is InChI=1S/C26H25ClN4O3S2/c1-18-22(27)12-13-23-24(18)29-26(35-23)31(17-20-7-3-4-14-28-20)25(32)19-8-10-21(11-9-19)36(33,34)30-15-5-2-6-16-30/h3-4,7-14H,2,5-6,15-17H2,1H3. The van der Waals surface area contributed by atoms with Crippen molar-refractivity contribution in [1.29, 1.82) is 0 Å². The number of anilines is 1. The van der Waals surface area contributed by atoms with E-state index in [1.807, 2.05) is 37.3 Å². The Kier molecular flexibility index (Phi) is 7.07. The maximum Gasteiger partial charge on any atom is 0.260 e. The molecule has 2 aromatic heterocycles. The van der Waals surface area contributed by atoms with Gasteiger partial charge in [0.2, 0.25) is 10.0 Å². The second kappa shape index (κ2) is 10.3. The summed E-state index contributed by atoms with van der Waals surface area (Å²) in [6.45, 7) is 3.19. The summed E-state index contributed by atoms with van der Waals surface area (Å²) in [6.07, 6.45) is 4.46. The topological polar surface area (TPSA) is 83.5 Å². The van der Waals surface area contributed by atoms with Crippen LogP contribution >= 0.6 is 22.9 Å². The second-order valence-electron chi connectivity index (χ2n) is 8.72. The van der Waals surface area contributed by atoms with Gasteiger partial charge in [0.15, 0.2) is 5.13 Å². The molecule has 36 heavy (non-hydrogen) atoms. The third-order valence-electron chi connectivity index (χ3n) is 6.31. The Morgan fingerprint density at radius 3 is 2.50 bits per heavy atom. The molecule has 5 rings (SSSR count). The molecule has 0 radical (unpaired) electrons. The van der Waals surface area contributed by atoms with E-state index in [1.165, 1.54) is 27.8 Å². The molecule has 1 aliphatic rings. The van der Waals surface area contributed by atoms with E-state index in [0.717, 1.165) is 35.0 Å². The van der Waals surface area contributed by atoms with Gasteiger partial charge in [-0.3, -0.25) is 14.7 Å². The lowest BCUT2D eigenvalue weighted by molar-refractivity contribution is 0.0984. The van der Waals surface area contributed by atoms with Crippen molar-refractivity contribution in [2.75, 3.05) is 18.0 Å². The molecular weight excluding hydrogens is 516 g/mol. The minimum atomic E-state index is -3.58. The summed E-state index contributed by atoms with van der Waals surface area (Å²) in [4.78, 5) is 24.6. The van der Waals surface area contributed by atoms with Crippen LogP contribution in [0.15, 0.2) is 65.7 Å². The first-order valence-corrected chi connectivity index (χ1v) is 14.4. The van der Waals surface area contributed by atoms with Crippen LogP contribution in [-0.4, -0.2) is 41.7 Å². The summed E-state index contributed by atoms with van der Waals surface area (Å²) in [6, 6.07) is 15.4. The summed E-state index contributed by atoms with van der Waals surface area (Å²) in [7, 11) is -3.58. The Bertz CT molecular complexity index is 1500. The van der Waals surface area contributed by atoms with Gasteiger partial charge in [-0.1, -0.05) is 35.4 Å². The summed E-state index contributed by atoms with van der Waals surface area (Å²) in [5.74, 6) is -0.287. The predicted octanol–water partition coefficient (Wildman–Crippen LogP) is 5.67. The van der Waals surface area contributed by atoms with Crippen molar-refractivity contribution in [3.63, 3.8) is 0 Å². The van der Waals surface area contributed by atoms with Crippen molar-refractivity contribution >= 4 is 54.2 Å². The number of carbonyl (C=O) groups excluding carboxylic acids is 1. The molecule has 1 fully saturated rings. The number of piperidine rings is 1. The zero-order valence-corrected chi connectivity index (χ0v) is 22.1. The fourth-order valence-corrected chi connectivity index (χ4v) is 6.96. The number of pyridine rings is 1. The molecule has 1 amide bonds. The van der Waals surface area contributed by atoms with E-state index in [4.69, 9.17) is 16.6 Å². The first-order chi connectivity index (χ1) is 17.3. The highest BCUT2D eigenvalue weighted by Gasteiger charge is 2.27. The minimum Gasteiger partial charge on any atom is -0.278 e. The average molecular weight is 541 g/mol. The van der Waals surface area contributed by atoms with Crippen LogP contribution in [0.1, 0.15) is 40.9 Å². The smallest absolute Gasteiger partial charge is 0.260 e. The van der Waals surface area contributed by atoms with Crippen molar-refractivity contribution in [1.82, 2.24) is 14.3 Å². The summed E-state index contributed by atoms with van der Waals surface area (Å²) in [5, 5.41) is 1.14. The molecule has 2 aromatic carbocycles. The predicted molar refractivity (Wildman–Crippen MR) is 143 cm³/mol. The average Bonchev–Trinajstić information content (AvgIpc) is 3.35. The molecule has 0 aliphatic carbocycles. The maximum atomic E-state index is 13.7. The molecule has 1 saturated heterocycles. The number of hydrogen-bond donors (Lipinski definition) is 0. The van der Waals surface area contributed by atoms with Gasteiger partial charge in [-0.2, -0.15) is 4.31 Å². The fraction of sp³-hybridized carbons (Fsp3) is 0.269. The number of amides is 1. The number of aromatic nitrogens is 2. The van der Waals surface area contributed by atoms with Crippen molar-refractivity contribution in [3.8, 4) is 0 Å². The van der Waals surface area contributed by atoms with Gasteiger partial charge in [0.25, 0.3) is 5.91 Å². The molecule has 0 unspecified atom stereocenters. The Hall–Kier alpha value is -2.85. The number of thiazole rings is 1. The number of benzene rings is 2. The highest BCUT2D eigenvalue weighted by atomic mass is 35.5. The molecule has 0 bridgehead atoms. The number of aryl methyl sites for hydroxylation is 1. The Morgan fingerprint density at radius 1 is 1.06 bits per heavy atom. The van der Waals surface area contributed by atoms with Crippen LogP contribution in [0.3, 0.4) is 0 Å². The highest BCUT2D eigenvalue weighted by molar-refractivity contribution is 7.89. The molecule has 0 saturated carbocycles. The largest absolute Gasteiger partial charge is 0.278 e. The van der Waals surface area contributed by atoms with Gasteiger partial charge >= 0.3 is 0 Å². The fourth-order valence-electron chi connectivity index (χ4n) is 4.26. The number of rotatable bonds is 6. The van der Waals surface area contributed by atoms with Gasteiger partial charge in [0.05, 0.1) is 27.4 Å². The summed E-state index contributed by atoms with van der Waals surface area (Å²) < 4.78 is 28.5. The number of nitrogens with zero attached hydrogens (tertiary/aromatic N) is 4. The number of hydrogen-bond acceptors (Lipinski definition) is 6. The molecular formula is C26H25ClN4O3S2. The molecule has 186 valence electrons. The minimum absolute atomic E-state index is 0.197. The molecule has 10 heteroatoms. The van der Waals surface area contributed by atoms with Crippen molar-refractivity contribution in [2.24, 2.45) is 0 Å². The van der Waals surface area contributed by atoms with E-state index in [-0.39, 0.29) is 17.3 Å². The van der Waals surface area contributed by atoms with Crippen LogP contribution in [-0.2, 0) is 16.6 Å². The Balaban J connectivity index is 1.49. The summed E-state index contributed by atoms with van der Waals surface area (Å²) >= 11 is 7.70. The SMILES string of the molecule is Cc1c(Cl)ccc2sc(N(Cc3ccccn3)C(=O)c3ccc(S(=O)(=O)N4CCCCC4)cc3)nc12. The van der Waals surface area contributed by atoms with E-state index in [0.29, 0.717) is 34.5 Å². The second-order valence-corrected chi connectivity index (χ2v) is 12.1. The van der Waals surface area contributed by atoms with Gasteiger partial charge in [0, 0.05) is 29.9 Å². The summed E-state index contributed by atoms with van der Waals surface area (Å²) in [5.41, 5.74) is 2.69. The highest BCUT2D eigenvalue weighted by Crippen LogP contribution is 2.35. The maximum absolute atomic E-state index is 13.7. The van der Waals surface area contributed by atoms with E-state index in [2.05, 4.69) is 4.98 Å². The van der Waals surface area contributed by atoms with E-state index in [9.17, 15) is 13.2 Å². The van der Waals surface area contributed by atoms with Crippen LogP contribution in [0.5, 0.6) is 0 Å². The first kappa shape index (κ1) is 24.8. The number of carbonyl (C=O) groups is 1. The zero-order chi connectivity index (χ0) is 25.3. The molecule has 7 nitrogen and oxygen atoms in total. The van der Waals surface area contributed by atoms with Gasteiger partial charge in [0.1, 0.15) is 0 Å². The van der Waals surface area contributed by atoms with Crippen molar-refractivity contribution in [2.45, 2.75) is 37.6 Å². The molecule has 1 aliphatic heterocycles. The van der Waals surface area contributed by atoms with Gasteiger partial charge in [-0.25, -0.2) is 13.4 Å². The van der Waals surface area contributed by atoms with Gasteiger partial charge in [-0.15, -0.1) is 0 Å². The lowest BCUT2D eigenvalue weighted by Gasteiger charge is -2.26. The van der Waals surface area contributed by atoms with Crippen LogP contribution < -0.4 is 4.90 Å². The molecule has 0 N–H and O–H groups in total. The molecule has 0 atom stereocenters. The van der Waals surface area contributed by atoms with Crippen LogP contribution in [0.25, 0.3) is 10.2 Å². The lowest BCUT2D eigenvalue weighted by Crippen LogP contribution is -2.35. The van der Waals surface area contributed by atoms with Crippen molar-refractivity contribution in [3.05, 3.63) is 82.6 Å². The lowest BCUT2D eigenvalue weighted by atomic mass is 10.2. The quantitative estimate of drug-likeness (QED) is 0.314. The number of halogens is 1. The van der Waals surface area contributed by atoms with Gasteiger partial charge in [-0.05, 0) is 73.9 Å². The molecule has 0 spiro atoms. The molecule has 3 heterocycles. The molecule has 4 aromatic rings. The normalized spacial score (nSPS) is 14.7. The first-order valence-electron chi connectivity index (χ1n) is 11.7. The van der Waals surface area contributed by atoms with Crippen LogP contribution in [0, 0.1) is 6.92 Å². The van der Waals surface area contributed by atoms with Crippen LogP contribution in [0.2, 0.25) is 5.02 Å². The van der Waals surface area contributed by atoms with E-state index < -0.39 is 10.0 Å². The van der Waals surface area contributed by atoms with E-state index in [1.54, 1.807) is 23.2 Å². The monoisotopic (exact) mass is 540 g/mol. The third-order valence-corrected chi connectivity index (χ3v) is 9.68. The number of fused-ring (bicyclic) bond motifs is 1. The van der Waals surface area contributed by atoms with Gasteiger partial charge < -0.3 is 0 Å². The Morgan fingerprint density at radius 2 is 1.81 bits per heavy atom. The Labute approximate surface area is 219 Å². The van der Waals surface area contributed by atoms with Crippen molar-refractivity contribution < 1.29 is 13.2 Å².